The minimum absolute atomic E-state index is 0.258. The summed E-state index contributed by atoms with van der Waals surface area (Å²) in [7, 11) is 0. The van der Waals surface area contributed by atoms with Gasteiger partial charge >= 0.3 is 5.97 Å². The molecule has 0 heterocycles. The Morgan fingerprint density at radius 3 is 2.29 bits per heavy atom. The van der Waals surface area contributed by atoms with E-state index in [1.165, 1.54) is 0 Å². The van der Waals surface area contributed by atoms with Crippen LogP contribution < -0.4 is 0 Å². The van der Waals surface area contributed by atoms with E-state index in [-0.39, 0.29) is 18.3 Å². The van der Waals surface area contributed by atoms with E-state index >= 15 is 0 Å². The zero-order valence-corrected chi connectivity index (χ0v) is 8.99. The fraction of sp³-hybridized carbons (Fsp3) is 0.909. The molecular formula is C11H20O3. The topological polar surface area (TPSA) is 57.5 Å². The second-order valence-corrected chi connectivity index (χ2v) is 4.80. The lowest BCUT2D eigenvalue weighted by Gasteiger charge is -2.38. The third-order valence-corrected chi connectivity index (χ3v) is 3.51. The molecule has 0 radical (unpaired) electrons. The molecule has 1 saturated carbocycles. The molecule has 0 aromatic rings. The first-order chi connectivity index (χ1) is 6.44. The molecule has 0 unspecified atom stereocenters. The molecule has 0 aromatic carbocycles. The molecule has 2 N–H and O–H groups in total. The summed E-state index contributed by atoms with van der Waals surface area (Å²) in [6.07, 6.45) is 3.46. The Labute approximate surface area is 85.1 Å². The van der Waals surface area contributed by atoms with Crippen molar-refractivity contribution in [3.63, 3.8) is 0 Å². The van der Waals surface area contributed by atoms with Crippen LogP contribution in [0.3, 0.4) is 0 Å². The molecule has 82 valence electrons. The Morgan fingerprint density at radius 2 is 1.93 bits per heavy atom. The number of carboxylic acid groups (broad SMARTS) is 1. The molecule has 0 atom stereocenters. The van der Waals surface area contributed by atoms with E-state index in [1.807, 2.05) is 13.8 Å². The maximum absolute atomic E-state index is 10.5. The lowest BCUT2D eigenvalue weighted by molar-refractivity contribution is -0.139. The molecular weight excluding hydrogens is 180 g/mol. The second-order valence-electron chi connectivity index (χ2n) is 4.80. The monoisotopic (exact) mass is 200 g/mol. The van der Waals surface area contributed by atoms with Crippen LogP contribution in [0.2, 0.25) is 0 Å². The normalized spacial score (nSPS) is 33.3. The van der Waals surface area contributed by atoms with Crippen molar-refractivity contribution < 1.29 is 15.0 Å². The van der Waals surface area contributed by atoms with E-state index in [4.69, 9.17) is 5.11 Å². The zero-order valence-electron chi connectivity index (χ0n) is 8.99. The molecule has 0 spiro atoms. The summed E-state index contributed by atoms with van der Waals surface area (Å²) in [4.78, 5) is 10.5. The number of rotatable bonds is 3. The zero-order chi connectivity index (χ0) is 10.8. The van der Waals surface area contributed by atoms with Crippen LogP contribution in [0.1, 0.15) is 46.0 Å². The number of carbonyl (C=O) groups is 1. The summed E-state index contributed by atoms with van der Waals surface area (Å²) in [6.45, 7) is 4.05. The van der Waals surface area contributed by atoms with Crippen molar-refractivity contribution >= 4 is 5.97 Å². The first-order valence-electron chi connectivity index (χ1n) is 5.38. The third kappa shape index (κ3) is 2.71. The van der Waals surface area contributed by atoms with Crippen LogP contribution in [0.4, 0.5) is 0 Å². The molecule has 0 bridgehead atoms. The van der Waals surface area contributed by atoms with Gasteiger partial charge in [0.2, 0.25) is 0 Å². The smallest absolute Gasteiger partial charge is 0.303 e. The summed E-state index contributed by atoms with van der Waals surface area (Å²) in [5.41, 5.74) is -0.547. The van der Waals surface area contributed by atoms with Gasteiger partial charge in [0, 0.05) is 6.42 Å². The molecule has 1 rings (SSSR count). The highest BCUT2D eigenvalue weighted by molar-refractivity contribution is 5.67. The van der Waals surface area contributed by atoms with E-state index in [0.717, 1.165) is 25.7 Å². The molecule has 0 amide bonds. The average molecular weight is 200 g/mol. The summed E-state index contributed by atoms with van der Waals surface area (Å²) in [5.74, 6) is -0.176. The summed E-state index contributed by atoms with van der Waals surface area (Å²) in [5, 5.41) is 18.8. The predicted molar refractivity (Wildman–Crippen MR) is 54.0 cm³/mol. The van der Waals surface area contributed by atoms with Gasteiger partial charge in [0.15, 0.2) is 0 Å². The first-order valence-corrected chi connectivity index (χ1v) is 5.38. The molecule has 0 saturated heterocycles. The van der Waals surface area contributed by atoms with Gasteiger partial charge in [-0.1, -0.05) is 13.8 Å². The van der Waals surface area contributed by atoms with Crippen LogP contribution in [-0.4, -0.2) is 21.8 Å². The van der Waals surface area contributed by atoms with Gasteiger partial charge in [0.1, 0.15) is 0 Å². The molecule has 3 heteroatoms. The van der Waals surface area contributed by atoms with Crippen LogP contribution in [0.15, 0.2) is 0 Å². The van der Waals surface area contributed by atoms with Crippen LogP contribution in [0, 0.1) is 11.8 Å². The fourth-order valence-corrected chi connectivity index (χ4v) is 2.21. The van der Waals surface area contributed by atoms with Crippen molar-refractivity contribution in [1.29, 1.82) is 0 Å². The Morgan fingerprint density at radius 1 is 1.43 bits per heavy atom. The SMILES string of the molecule is CC(C)[C@]1(O)CC[C@@H](CC(=O)O)CC1. The summed E-state index contributed by atoms with van der Waals surface area (Å²) >= 11 is 0. The highest BCUT2D eigenvalue weighted by Gasteiger charge is 2.36. The van der Waals surface area contributed by atoms with Gasteiger partial charge in [-0.25, -0.2) is 0 Å². The lowest BCUT2D eigenvalue weighted by atomic mass is 9.72. The Hall–Kier alpha value is -0.570. The van der Waals surface area contributed by atoms with Gasteiger partial charge in [-0.2, -0.15) is 0 Å². The fourth-order valence-electron chi connectivity index (χ4n) is 2.21. The van der Waals surface area contributed by atoms with Crippen LogP contribution >= 0.6 is 0 Å². The van der Waals surface area contributed by atoms with Crippen molar-refractivity contribution in [3.8, 4) is 0 Å². The molecule has 1 fully saturated rings. The van der Waals surface area contributed by atoms with E-state index in [0.29, 0.717) is 0 Å². The molecule has 14 heavy (non-hydrogen) atoms. The highest BCUT2D eigenvalue weighted by Crippen LogP contribution is 2.37. The summed E-state index contributed by atoms with van der Waals surface area (Å²) < 4.78 is 0. The van der Waals surface area contributed by atoms with E-state index in [9.17, 15) is 9.90 Å². The summed E-state index contributed by atoms with van der Waals surface area (Å²) in [6, 6.07) is 0. The van der Waals surface area contributed by atoms with Gasteiger partial charge in [-0.05, 0) is 37.5 Å². The van der Waals surface area contributed by atoms with Gasteiger partial charge in [0.05, 0.1) is 5.60 Å². The van der Waals surface area contributed by atoms with Crippen LogP contribution in [-0.2, 0) is 4.79 Å². The van der Waals surface area contributed by atoms with Crippen LogP contribution in [0.25, 0.3) is 0 Å². The Bertz CT molecular complexity index is 203. The number of hydrogen-bond donors (Lipinski definition) is 2. The van der Waals surface area contributed by atoms with Gasteiger partial charge in [0.25, 0.3) is 0 Å². The first kappa shape index (κ1) is 11.5. The minimum atomic E-state index is -0.718. The van der Waals surface area contributed by atoms with E-state index in [1.54, 1.807) is 0 Å². The van der Waals surface area contributed by atoms with Gasteiger partial charge in [-0.15, -0.1) is 0 Å². The maximum atomic E-state index is 10.5. The average Bonchev–Trinajstić information content (AvgIpc) is 2.08. The van der Waals surface area contributed by atoms with E-state index < -0.39 is 11.6 Å². The van der Waals surface area contributed by atoms with Gasteiger partial charge < -0.3 is 10.2 Å². The lowest BCUT2D eigenvalue weighted by Crippen LogP contribution is -2.39. The molecule has 3 nitrogen and oxygen atoms in total. The number of carboxylic acids is 1. The molecule has 0 aromatic heterocycles. The predicted octanol–water partition coefficient (Wildman–Crippen LogP) is 2.04. The van der Waals surface area contributed by atoms with Crippen molar-refractivity contribution in [3.05, 3.63) is 0 Å². The molecule has 1 aliphatic rings. The molecule has 1 aliphatic carbocycles. The quantitative estimate of drug-likeness (QED) is 0.733. The Balaban J connectivity index is 2.41. The number of aliphatic hydroxyl groups is 1. The third-order valence-electron chi connectivity index (χ3n) is 3.51. The maximum Gasteiger partial charge on any atom is 0.303 e. The van der Waals surface area contributed by atoms with Crippen LogP contribution in [0.5, 0.6) is 0 Å². The standard InChI is InChI=1S/C11H20O3/c1-8(2)11(14)5-3-9(4-6-11)7-10(12)13/h8-9,14H,3-7H2,1-2H3,(H,12,13)/t9-,11+. The van der Waals surface area contributed by atoms with Gasteiger partial charge in [-0.3, -0.25) is 4.79 Å². The minimum Gasteiger partial charge on any atom is -0.481 e. The highest BCUT2D eigenvalue weighted by atomic mass is 16.4. The van der Waals surface area contributed by atoms with E-state index in [2.05, 4.69) is 0 Å². The van der Waals surface area contributed by atoms with Crippen molar-refractivity contribution in [2.45, 2.75) is 51.6 Å². The van der Waals surface area contributed by atoms with Crippen molar-refractivity contribution in [2.24, 2.45) is 11.8 Å². The van der Waals surface area contributed by atoms with Crippen molar-refractivity contribution in [2.75, 3.05) is 0 Å². The van der Waals surface area contributed by atoms with Crippen molar-refractivity contribution in [1.82, 2.24) is 0 Å². The Kier molecular flexibility index (Phi) is 3.53. The number of aliphatic carboxylic acids is 1. The molecule has 0 aliphatic heterocycles. The number of hydrogen-bond acceptors (Lipinski definition) is 2. The second kappa shape index (κ2) is 4.30. The largest absolute Gasteiger partial charge is 0.481 e.